The molecule has 0 aliphatic carbocycles. The van der Waals surface area contributed by atoms with Gasteiger partial charge in [0.2, 0.25) is 0 Å². The fraction of sp³-hybridized carbons (Fsp3) is 0.154. The number of ether oxygens (including phenoxy) is 1. The van der Waals surface area contributed by atoms with E-state index in [4.69, 9.17) is 22.1 Å². The van der Waals surface area contributed by atoms with E-state index in [-0.39, 0.29) is 17.3 Å². The molecule has 0 bridgehead atoms. The van der Waals surface area contributed by atoms with Gasteiger partial charge in [-0.3, -0.25) is 4.79 Å². The molecule has 2 rings (SSSR count). The van der Waals surface area contributed by atoms with Crippen molar-refractivity contribution < 1.29 is 14.3 Å². The molecule has 0 aromatic carbocycles. The Hall–Kier alpha value is -2.12. The minimum absolute atomic E-state index is 0.0379. The molecule has 0 saturated heterocycles. The lowest BCUT2D eigenvalue weighted by Crippen LogP contribution is -2.15. The number of rotatable bonds is 4. The Kier molecular flexibility index (Phi) is 4.77. The number of aromatic nitrogens is 1. The topological polar surface area (TPSA) is 94.3 Å². The lowest BCUT2D eigenvalue weighted by atomic mass is 10.2. The van der Waals surface area contributed by atoms with Gasteiger partial charge >= 0.3 is 5.97 Å². The lowest BCUT2D eigenvalue weighted by molar-refractivity contribution is 0.0528. The van der Waals surface area contributed by atoms with Gasteiger partial charge in [-0.25, -0.2) is 9.78 Å². The average molecular weight is 326 g/mol. The molecule has 2 heterocycles. The molecular formula is C13H12ClN3O3S. The van der Waals surface area contributed by atoms with E-state index in [1.807, 2.05) is 0 Å². The molecule has 21 heavy (non-hydrogen) atoms. The number of carbonyl (C=O) groups excluding carboxylic acids is 2. The van der Waals surface area contributed by atoms with Crippen LogP contribution >= 0.6 is 22.9 Å². The SMILES string of the molecule is CCOC(=O)c1ccsc1NC(=O)c1cc(N)cnc1Cl. The molecule has 1 amide bonds. The second-order valence-corrected chi connectivity index (χ2v) is 5.22. The van der Waals surface area contributed by atoms with E-state index in [1.165, 1.54) is 23.6 Å². The number of hydrogen-bond acceptors (Lipinski definition) is 6. The van der Waals surface area contributed by atoms with E-state index in [9.17, 15) is 9.59 Å². The summed E-state index contributed by atoms with van der Waals surface area (Å²) in [4.78, 5) is 27.7. The summed E-state index contributed by atoms with van der Waals surface area (Å²) in [6.07, 6.45) is 1.36. The van der Waals surface area contributed by atoms with Crippen LogP contribution in [0.25, 0.3) is 0 Å². The van der Waals surface area contributed by atoms with Gasteiger partial charge in [0.1, 0.15) is 10.2 Å². The molecule has 0 radical (unpaired) electrons. The molecule has 0 spiro atoms. The molecule has 0 unspecified atom stereocenters. The molecule has 0 atom stereocenters. The van der Waals surface area contributed by atoms with Crippen molar-refractivity contribution in [3.63, 3.8) is 0 Å². The van der Waals surface area contributed by atoms with Gasteiger partial charge in [0.05, 0.1) is 29.6 Å². The number of thiophene rings is 1. The molecule has 0 fully saturated rings. The Balaban J connectivity index is 2.22. The second-order valence-electron chi connectivity index (χ2n) is 3.95. The second kappa shape index (κ2) is 6.55. The van der Waals surface area contributed by atoms with Gasteiger partial charge in [0, 0.05) is 0 Å². The maximum absolute atomic E-state index is 12.2. The number of amides is 1. The number of nitrogens with zero attached hydrogens (tertiary/aromatic N) is 1. The van der Waals surface area contributed by atoms with E-state index in [2.05, 4.69) is 10.3 Å². The number of hydrogen-bond donors (Lipinski definition) is 2. The van der Waals surface area contributed by atoms with Gasteiger partial charge in [-0.1, -0.05) is 11.6 Å². The Morgan fingerprint density at radius 2 is 2.24 bits per heavy atom. The highest BCUT2D eigenvalue weighted by Gasteiger charge is 2.18. The minimum atomic E-state index is -0.495. The Morgan fingerprint density at radius 3 is 2.95 bits per heavy atom. The number of halogens is 1. The minimum Gasteiger partial charge on any atom is -0.462 e. The van der Waals surface area contributed by atoms with E-state index in [1.54, 1.807) is 18.4 Å². The number of nitrogens with one attached hydrogen (secondary N) is 1. The van der Waals surface area contributed by atoms with Crippen molar-refractivity contribution in [1.82, 2.24) is 4.98 Å². The number of carbonyl (C=O) groups is 2. The third-order valence-electron chi connectivity index (χ3n) is 2.49. The van der Waals surface area contributed by atoms with Gasteiger partial charge in [-0.2, -0.15) is 0 Å². The third-order valence-corrected chi connectivity index (χ3v) is 3.62. The van der Waals surface area contributed by atoms with Crippen molar-refractivity contribution in [2.75, 3.05) is 17.7 Å². The Labute approximate surface area is 129 Å². The molecule has 8 heteroatoms. The predicted octanol–water partition coefficient (Wildman–Crippen LogP) is 2.81. The van der Waals surface area contributed by atoms with Crippen LogP contribution in [0.2, 0.25) is 5.15 Å². The van der Waals surface area contributed by atoms with Crippen molar-refractivity contribution >= 4 is 45.5 Å². The molecule has 6 nitrogen and oxygen atoms in total. The summed E-state index contributed by atoms with van der Waals surface area (Å²) in [6, 6.07) is 3.00. The van der Waals surface area contributed by atoms with Gasteiger partial charge < -0.3 is 15.8 Å². The highest BCUT2D eigenvalue weighted by Crippen LogP contribution is 2.26. The highest BCUT2D eigenvalue weighted by atomic mass is 35.5. The van der Waals surface area contributed by atoms with Crippen LogP contribution in [0.3, 0.4) is 0 Å². The predicted molar refractivity (Wildman–Crippen MR) is 81.9 cm³/mol. The lowest BCUT2D eigenvalue weighted by Gasteiger charge is -2.07. The van der Waals surface area contributed by atoms with Crippen LogP contribution in [-0.2, 0) is 4.74 Å². The van der Waals surface area contributed by atoms with Crippen LogP contribution in [0.5, 0.6) is 0 Å². The standard InChI is InChI=1S/C13H12ClN3O3S/c1-2-20-13(19)8-3-4-21-12(8)17-11(18)9-5-7(15)6-16-10(9)14/h3-6H,2,15H2,1H3,(H,17,18). The van der Waals surface area contributed by atoms with Crippen LogP contribution in [0.1, 0.15) is 27.6 Å². The van der Waals surface area contributed by atoms with Crippen LogP contribution in [0.15, 0.2) is 23.7 Å². The smallest absolute Gasteiger partial charge is 0.341 e. The zero-order valence-electron chi connectivity index (χ0n) is 11.1. The number of pyridine rings is 1. The summed E-state index contributed by atoms with van der Waals surface area (Å²) >= 11 is 7.08. The van der Waals surface area contributed by atoms with E-state index in [0.29, 0.717) is 16.3 Å². The number of anilines is 2. The molecule has 0 aliphatic rings. The summed E-state index contributed by atoms with van der Waals surface area (Å²) in [5.74, 6) is -0.987. The summed E-state index contributed by atoms with van der Waals surface area (Å²) in [5, 5.41) is 4.72. The summed E-state index contributed by atoms with van der Waals surface area (Å²) < 4.78 is 4.92. The first-order chi connectivity index (χ1) is 10.0. The van der Waals surface area contributed by atoms with Crippen LogP contribution in [-0.4, -0.2) is 23.5 Å². The monoisotopic (exact) mass is 325 g/mol. The molecule has 0 saturated carbocycles. The van der Waals surface area contributed by atoms with E-state index >= 15 is 0 Å². The third kappa shape index (κ3) is 3.50. The molecular weight excluding hydrogens is 314 g/mol. The van der Waals surface area contributed by atoms with Crippen LogP contribution in [0, 0.1) is 0 Å². The first-order valence-electron chi connectivity index (χ1n) is 6.00. The summed E-state index contributed by atoms with van der Waals surface area (Å²) in [6.45, 7) is 1.97. The summed E-state index contributed by atoms with van der Waals surface area (Å²) in [5.41, 5.74) is 6.34. The first kappa shape index (κ1) is 15.3. The van der Waals surface area contributed by atoms with Crippen LogP contribution < -0.4 is 11.1 Å². The van der Waals surface area contributed by atoms with Crippen molar-refractivity contribution in [3.8, 4) is 0 Å². The fourth-order valence-corrected chi connectivity index (χ4v) is 2.53. The number of nitrogen functional groups attached to an aromatic ring is 1. The zero-order valence-corrected chi connectivity index (χ0v) is 12.6. The van der Waals surface area contributed by atoms with Gasteiger partial charge in [-0.05, 0) is 24.4 Å². The molecule has 110 valence electrons. The largest absolute Gasteiger partial charge is 0.462 e. The molecule has 3 N–H and O–H groups in total. The van der Waals surface area contributed by atoms with Crippen molar-refractivity contribution in [2.24, 2.45) is 0 Å². The normalized spacial score (nSPS) is 10.2. The molecule has 2 aromatic rings. The van der Waals surface area contributed by atoms with E-state index < -0.39 is 11.9 Å². The first-order valence-corrected chi connectivity index (χ1v) is 7.25. The van der Waals surface area contributed by atoms with Crippen molar-refractivity contribution in [1.29, 1.82) is 0 Å². The van der Waals surface area contributed by atoms with Crippen molar-refractivity contribution in [2.45, 2.75) is 6.92 Å². The Morgan fingerprint density at radius 1 is 1.48 bits per heavy atom. The number of esters is 1. The maximum atomic E-state index is 12.2. The van der Waals surface area contributed by atoms with Crippen LogP contribution in [0.4, 0.5) is 10.7 Å². The maximum Gasteiger partial charge on any atom is 0.341 e. The Bertz CT molecular complexity index is 687. The average Bonchev–Trinajstić information content (AvgIpc) is 2.90. The molecule has 0 aliphatic heterocycles. The van der Waals surface area contributed by atoms with Crippen molar-refractivity contribution in [3.05, 3.63) is 40.0 Å². The number of nitrogens with two attached hydrogens (primary N) is 1. The zero-order chi connectivity index (χ0) is 15.4. The van der Waals surface area contributed by atoms with Gasteiger partial charge in [0.25, 0.3) is 5.91 Å². The molecule has 2 aromatic heterocycles. The van der Waals surface area contributed by atoms with E-state index in [0.717, 1.165) is 0 Å². The quantitative estimate of drug-likeness (QED) is 0.666. The summed E-state index contributed by atoms with van der Waals surface area (Å²) in [7, 11) is 0. The van der Waals surface area contributed by atoms with Gasteiger partial charge in [0.15, 0.2) is 0 Å². The fourth-order valence-electron chi connectivity index (χ4n) is 1.57. The van der Waals surface area contributed by atoms with Gasteiger partial charge in [-0.15, -0.1) is 11.3 Å². The highest BCUT2D eigenvalue weighted by molar-refractivity contribution is 7.14.